The molecule has 3 nitrogen and oxygen atoms in total. The van der Waals surface area contributed by atoms with Crippen molar-refractivity contribution in [2.24, 2.45) is 0 Å². The lowest BCUT2D eigenvalue weighted by atomic mass is 10.2. The van der Waals surface area contributed by atoms with E-state index in [9.17, 15) is 4.39 Å². The first-order valence-electron chi connectivity index (χ1n) is 5.41. The molecule has 0 aromatic carbocycles. The Labute approximate surface area is 104 Å². The van der Waals surface area contributed by atoms with Crippen molar-refractivity contribution in [3.63, 3.8) is 0 Å². The van der Waals surface area contributed by atoms with E-state index in [1.807, 2.05) is 20.0 Å². The summed E-state index contributed by atoms with van der Waals surface area (Å²) in [6.45, 7) is 4.75. The maximum atomic E-state index is 12.7. The SMILES string of the molecule is Cc1ncc(CNC(C)c2ccc(F)cn2)s1. The van der Waals surface area contributed by atoms with Crippen LogP contribution in [0.25, 0.3) is 0 Å². The van der Waals surface area contributed by atoms with Gasteiger partial charge in [-0.1, -0.05) is 0 Å². The molecule has 2 heterocycles. The van der Waals surface area contributed by atoms with Crippen LogP contribution in [0.3, 0.4) is 0 Å². The van der Waals surface area contributed by atoms with Crippen molar-refractivity contribution < 1.29 is 4.39 Å². The van der Waals surface area contributed by atoms with Crippen molar-refractivity contribution in [3.05, 3.63) is 45.9 Å². The van der Waals surface area contributed by atoms with E-state index in [4.69, 9.17) is 0 Å². The van der Waals surface area contributed by atoms with E-state index in [1.54, 1.807) is 17.4 Å². The zero-order chi connectivity index (χ0) is 12.3. The van der Waals surface area contributed by atoms with E-state index in [0.29, 0.717) is 0 Å². The van der Waals surface area contributed by atoms with Gasteiger partial charge < -0.3 is 5.32 Å². The van der Waals surface area contributed by atoms with Crippen molar-refractivity contribution in [2.45, 2.75) is 26.4 Å². The van der Waals surface area contributed by atoms with Gasteiger partial charge in [0.15, 0.2) is 0 Å². The lowest BCUT2D eigenvalue weighted by Gasteiger charge is -2.11. The van der Waals surface area contributed by atoms with Crippen LogP contribution in [0.5, 0.6) is 0 Å². The number of hydrogen-bond acceptors (Lipinski definition) is 4. The normalized spacial score (nSPS) is 12.6. The molecule has 0 fully saturated rings. The lowest BCUT2D eigenvalue weighted by Crippen LogP contribution is -2.18. The standard InChI is InChI=1S/C12H14FN3S/c1-8(12-4-3-10(13)5-16-12)14-6-11-7-15-9(2)17-11/h3-5,7-8,14H,6H2,1-2H3. The number of nitrogens with one attached hydrogen (secondary N) is 1. The van der Waals surface area contributed by atoms with E-state index in [0.717, 1.165) is 17.2 Å². The molecule has 0 saturated heterocycles. The molecular formula is C12H14FN3S. The molecule has 0 aliphatic heterocycles. The van der Waals surface area contributed by atoms with E-state index in [1.165, 1.54) is 17.1 Å². The third kappa shape index (κ3) is 3.31. The van der Waals surface area contributed by atoms with E-state index >= 15 is 0 Å². The fourth-order valence-corrected chi connectivity index (χ4v) is 2.23. The Bertz CT molecular complexity index is 481. The van der Waals surface area contributed by atoms with Gasteiger partial charge in [-0.05, 0) is 26.0 Å². The van der Waals surface area contributed by atoms with E-state index in [2.05, 4.69) is 15.3 Å². The third-order valence-electron chi connectivity index (χ3n) is 2.45. The van der Waals surface area contributed by atoms with Crippen LogP contribution in [-0.2, 0) is 6.54 Å². The minimum absolute atomic E-state index is 0.0954. The van der Waals surface area contributed by atoms with Crippen molar-refractivity contribution in [1.82, 2.24) is 15.3 Å². The Morgan fingerprint density at radius 3 is 2.76 bits per heavy atom. The molecule has 0 bridgehead atoms. The molecule has 0 radical (unpaired) electrons. The molecule has 1 atom stereocenters. The Hall–Kier alpha value is -1.33. The smallest absolute Gasteiger partial charge is 0.141 e. The third-order valence-corrected chi connectivity index (χ3v) is 3.36. The predicted octanol–water partition coefficient (Wildman–Crippen LogP) is 2.84. The molecule has 90 valence electrons. The molecular weight excluding hydrogens is 237 g/mol. The quantitative estimate of drug-likeness (QED) is 0.908. The minimum atomic E-state index is -0.306. The minimum Gasteiger partial charge on any atom is -0.304 e. The summed E-state index contributed by atoms with van der Waals surface area (Å²) < 4.78 is 12.7. The summed E-state index contributed by atoms with van der Waals surface area (Å²) in [5, 5.41) is 4.40. The van der Waals surface area contributed by atoms with Crippen LogP contribution in [0.4, 0.5) is 4.39 Å². The number of hydrogen-bond donors (Lipinski definition) is 1. The van der Waals surface area contributed by atoms with Gasteiger partial charge in [-0.2, -0.15) is 0 Å². The number of aryl methyl sites for hydroxylation is 1. The number of thiazole rings is 1. The molecule has 2 aromatic heterocycles. The zero-order valence-corrected chi connectivity index (χ0v) is 10.6. The van der Waals surface area contributed by atoms with Crippen molar-refractivity contribution in [1.29, 1.82) is 0 Å². The summed E-state index contributed by atoms with van der Waals surface area (Å²) in [7, 11) is 0. The highest BCUT2D eigenvalue weighted by Crippen LogP contribution is 2.14. The molecule has 0 spiro atoms. The first-order chi connectivity index (χ1) is 8.15. The van der Waals surface area contributed by atoms with E-state index in [-0.39, 0.29) is 11.9 Å². The molecule has 0 aliphatic carbocycles. The highest BCUT2D eigenvalue weighted by atomic mass is 32.1. The van der Waals surface area contributed by atoms with Crippen LogP contribution >= 0.6 is 11.3 Å². The molecule has 0 amide bonds. The first-order valence-corrected chi connectivity index (χ1v) is 6.23. The van der Waals surface area contributed by atoms with Crippen molar-refractivity contribution in [2.75, 3.05) is 0 Å². The fourth-order valence-electron chi connectivity index (χ4n) is 1.49. The number of halogens is 1. The van der Waals surface area contributed by atoms with Gasteiger partial charge in [0, 0.05) is 23.7 Å². The van der Waals surface area contributed by atoms with Gasteiger partial charge in [-0.3, -0.25) is 4.98 Å². The Kier molecular flexibility index (Phi) is 3.81. The van der Waals surface area contributed by atoms with Crippen LogP contribution < -0.4 is 5.32 Å². The summed E-state index contributed by atoms with van der Waals surface area (Å²) in [6.07, 6.45) is 3.11. The van der Waals surface area contributed by atoms with E-state index < -0.39 is 0 Å². The average molecular weight is 251 g/mol. The van der Waals surface area contributed by atoms with Gasteiger partial charge in [0.1, 0.15) is 5.82 Å². The Morgan fingerprint density at radius 1 is 1.35 bits per heavy atom. The van der Waals surface area contributed by atoms with Crippen LogP contribution in [0.1, 0.15) is 28.5 Å². The number of aromatic nitrogens is 2. The van der Waals surface area contributed by atoms with Gasteiger partial charge in [0.25, 0.3) is 0 Å². The molecule has 2 aromatic rings. The van der Waals surface area contributed by atoms with Crippen LogP contribution in [0.2, 0.25) is 0 Å². The molecule has 2 rings (SSSR count). The lowest BCUT2D eigenvalue weighted by molar-refractivity contribution is 0.557. The monoisotopic (exact) mass is 251 g/mol. The second-order valence-electron chi connectivity index (χ2n) is 3.85. The summed E-state index contributed by atoms with van der Waals surface area (Å²) in [6, 6.07) is 3.22. The first kappa shape index (κ1) is 12.1. The van der Waals surface area contributed by atoms with Gasteiger partial charge in [0.2, 0.25) is 0 Å². The Balaban J connectivity index is 1.93. The summed E-state index contributed by atoms with van der Waals surface area (Å²) in [4.78, 5) is 9.43. The van der Waals surface area contributed by atoms with Gasteiger partial charge in [-0.15, -0.1) is 11.3 Å². The second kappa shape index (κ2) is 5.33. The maximum absolute atomic E-state index is 12.7. The molecule has 5 heteroatoms. The fraction of sp³-hybridized carbons (Fsp3) is 0.333. The number of pyridine rings is 1. The molecule has 17 heavy (non-hydrogen) atoms. The van der Waals surface area contributed by atoms with Gasteiger partial charge in [-0.25, -0.2) is 9.37 Å². The van der Waals surface area contributed by atoms with Crippen LogP contribution in [0.15, 0.2) is 24.5 Å². The maximum Gasteiger partial charge on any atom is 0.141 e. The number of rotatable bonds is 4. The molecule has 0 aliphatic rings. The van der Waals surface area contributed by atoms with Crippen LogP contribution in [-0.4, -0.2) is 9.97 Å². The molecule has 1 unspecified atom stereocenters. The molecule has 0 saturated carbocycles. The second-order valence-corrected chi connectivity index (χ2v) is 5.17. The average Bonchev–Trinajstić information content (AvgIpc) is 2.73. The summed E-state index contributed by atoms with van der Waals surface area (Å²) in [5.41, 5.74) is 0.840. The van der Waals surface area contributed by atoms with Crippen molar-refractivity contribution >= 4 is 11.3 Å². The van der Waals surface area contributed by atoms with Crippen LogP contribution in [0, 0.1) is 12.7 Å². The summed E-state index contributed by atoms with van der Waals surface area (Å²) >= 11 is 1.67. The largest absolute Gasteiger partial charge is 0.304 e. The van der Waals surface area contributed by atoms with Crippen molar-refractivity contribution in [3.8, 4) is 0 Å². The molecule has 1 N–H and O–H groups in total. The highest BCUT2D eigenvalue weighted by molar-refractivity contribution is 7.11. The highest BCUT2D eigenvalue weighted by Gasteiger charge is 2.07. The van der Waals surface area contributed by atoms with Gasteiger partial charge >= 0.3 is 0 Å². The van der Waals surface area contributed by atoms with Gasteiger partial charge in [0.05, 0.1) is 16.9 Å². The zero-order valence-electron chi connectivity index (χ0n) is 9.77. The Morgan fingerprint density at radius 2 is 2.18 bits per heavy atom. The number of nitrogens with zero attached hydrogens (tertiary/aromatic N) is 2. The summed E-state index contributed by atoms with van der Waals surface area (Å²) in [5.74, 6) is -0.306. The predicted molar refractivity (Wildman–Crippen MR) is 66.3 cm³/mol. The topological polar surface area (TPSA) is 37.8 Å².